The average Bonchev–Trinajstić information content (AvgIpc) is 2.94. The molecule has 0 fully saturated rings. The third kappa shape index (κ3) is 6.77. The number of carboxylic acids is 1. The largest absolute Gasteiger partial charge is 0.478 e. The highest BCUT2D eigenvalue weighted by Gasteiger charge is 2.29. The fourth-order valence-electron chi connectivity index (χ4n) is 3.65. The summed E-state index contributed by atoms with van der Waals surface area (Å²) in [6.07, 6.45) is 0. The predicted octanol–water partition coefficient (Wildman–Crippen LogP) is 9.49. The smallest absolute Gasteiger partial charge is 0.338 e. The highest BCUT2D eigenvalue weighted by molar-refractivity contribution is 9.10. The van der Waals surface area contributed by atoms with Gasteiger partial charge in [0.15, 0.2) is 0 Å². The van der Waals surface area contributed by atoms with Crippen LogP contribution >= 0.6 is 74.1 Å². The van der Waals surface area contributed by atoms with E-state index in [9.17, 15) is 19.5 Å². The molecule has 4 aromatic carbocycles. The summed E-state index contributed by atoms with van der Waals surface area (Å²) >= 11 is 29.0. The van der Waals surface area contributed by atoms with Gasteiger partial charge in [-0.05, 0) is 57.9 Å². The lowest BCUT2D eigenvalue weighted by Gasteiger charge is -2.18. The number of benzene rings is 4. The Morgan fingerprint density at radius 2 is 1.30 bits per heavy atom. The van der Waals surface area contributed by atoms with E-state index in [1.54, 1.807) is 30.3 Å². The molecule has 0 spiro atoms. The van der Waals surface area contributed by atoms with E-state index >= 15 is 0 Å². The summed E-state index contributed by atoms with van der Waals surface area (Å²) in [4.78, 5) is 38.9. The van der Waals surface area contributed by atoms with Crippen molar-refractivity contribution in [3.63, 3.8) is 0 Å². The monoisotopic (exact) mass is 696 g/mol. The minimum absolute atomic E-state index is 0.215. The van der Waals surface area contributed by atoms with Gasteiger partial charge in [-0.3, -0.25) is 9.59 Å². The number of thioether (sulfide) groups is 1. The van der Waals surface area contributed by atoms with Crippen LogP contribution in [0.5, 0.6) is 0 Å². The van der Waals surface area contributed by atoms with E-state index < -0.39 is 33.3 Å². The number of rotatable bonds is 8. The molecule has 0 aliphatic carbocycles. The van der Waals surface area contributed by atoms with Crippen LogP contribution in [0.1, 0.15) is 31.5 Å². The number of anilines is 2. The van der Waals surface area contributed by atoms with Crippen molar-refractivity contribution < 1.29 is 19.5 Å². The molecule has 12 heteroatoms. The Labute approximate surface area is 262 Å². The van der Waals surface area contributed by atoms with Crippen molar-refractivity contribution in [1.29, 1.82) is 0 Å². The van der Waals surface area contributed by atoms with Crippen LogP contribution in [-0.2, 0) is 4.79 Å². The van der Waals surface area contributed by atoms with Gasteiger partial charge < -0.3 is 15.7 Å². The van der Waals surface area contributed by atoms with Crippen LogP contribution in [0, 0.1) is 0 Å². The molecule has 0 bridgehead atoms. The quantitative estimate of drug-likeness (QED) is 0.0968. The molecule has 2 amide bonds. The van der Waals surface area contributed by atoms with E-state index in [4.69, 9.17) is 46.4 Å². The summed E-state index contributed by atoms with van der Waals surface area (Å²) in [5.41, 5.74) is 0.820. The van der Waals surface area contributed by atoms with Crippen LogP contribution in [0.4, 0.5) is 11.4 Å². The van der Waals surface area contributed by atoms with Crippen molar-refractivity contribution in [2.24, 2.45) is 0 Å². The van der Waals surface area contributed by atoms with Crippen molar-refractivity contribution in [2.75, 3.05) is 10.6 Å². The normalized spacial score (nSPS) is 11.5. The molecule has 3 N–H and O–H groups in total. The Hall–Kier alpha value is -2.72. The van der Waals surface area contributed by atoms with E-state index in [1.807, 2.05) is 48.5 Å². The van der Waals surface area contributed by atoms with Crippen LogP contribution in [-0.4, -0.2) is 22.9 Å². The van der Waals surface area contributed by atoms with Gasteiger partial charge in [0.2, 0.25) is 5.91 Å². The molecule has 0 saturated carbocycles. The molecule has 204 valence electrons. The van der Waals surface area contributed by atoms with E-state index in [2.05, 4.69) is 26.6 Å². The van der Waals surface area contributed by atoms with Crippen molar-refractivity contribution in [1.82, 2.24) is 0 Å². The first-order valence-electron chi connectivity index (χ1n) is 11.4. The number of aromatic carboxylic acids is 1. The van der Waals surface area contributed by atoms with Gasteiger partial charge in [0.1, 0.15) is 5.25 Å². The van der Waals surface area contributed by atoms with Crippen LogP contribution in [0.3, 0.4) is 0 Å². The van der Waals surface area contributed by atoms with Crippen LogP contribution in [0.25, 0.3) is 0 Å². The summed E-state index contributed by atoms with van der Waals surface area (Å²) in [7, 11) is 0. The second-order valence-electron chi connectivity index (χ2n) is 8.17. The fraction of sp³-hybridized carbons (Fsp3) is 0.0357. The van der Waals surface area contributed by atoms with Gasteiger partial charge in [0, 0.05) is 15.1 Å². The molecule has 4 rings (SSSR count). The Morgan fingerprint density at radius 1 is 0.725 bits per heavy atom. The highest BCUT2D eigenvalue weighted by Crippen LogP contribution is 2.42. The van der Waals surface area contributed by atoms with Gasteiger partial charge >= 0.3 is 5.97 Å². The first-order chi connectivity index (χ1) is 19.1. The number of amides is 2. The predicted molar refractivity (Wildman–Crippen MR) is 166 cm³/mol. The standard InChI is InChI=1S/C28H17BrCl4N2O4S/c29-17-8-4-5-9-18(17)35-27(37)25(14-6-2-1-3-7-14)40-16-12-10-15(11-13-16)34-26(36)19-20(28(38)39)22(31)24(33)23(32)21(19)30/h1-13,25H,(H,34,36)(H,35,37)(H,38,39). The SMILES string of the molecule is O=C(O)c1c(Cl)c(Cl)c(Cl)c(Cl)c1C(=O)Nc1ccc(SC(C(=O)Nc2ccccc2Br)c2ccccc2)cc1. The topological polar surface area (TPSA) is 95.5 Å². The first kappa shape index (κ1) is 30.2. The van der Waals surface area contributed by atoms with Gasteiger partial charge in [0.25, 0.3) is 5.91 Å². The zero-order valence-corrected chi connectivity index (χ0v) is 25.5. The molecule has 0 radical (unpaired) electrons. The van der Waals surface area contributed by atoms with Crippen molar-refractivity contribution in [3.05, 3.63) is 120 Å². The minimum atomic E-state index is -1.49. The summed E-state index contributed by atoms with van der Waals surface area (Å²) in [6, 6.07) is 23.3. The lowest BCUT2D eigenvalue weighted by molar-refractivity contribution is -0.115. The molecule has 6 nitrogen and oxygen atoms in total. The Kier molecular flexibility index (Phi) is 10.1. The van der Waals surface area contributed by atoms with E-state index in [0.717, 1.165) is 14.9 Å². The second-order valence-corrected chi connectivity index (χ2v) is 11.7. The third-order valence-electron chi connectivity index (χ3n) is 5.55. The van der Waals surface area contributed by atoms with Gasteiger partial charge in [-0.15, -0.1) is 11.8 Å². The van der Waals surface area contributed by atoms with E-state index in [-0.39, 0.29) is 21.0 Å². The molecule has 1 atom stereocenters. The van der Waals surface area contributed by atoms with Gasteiger partial charge in [-0.1, -0.05) is 88.9 Å². The second kappa shape index (κ2) is 13.3. The molecule has 1 unspecified atom stereocenters. The zero-order chi connectivity index (χ0) is 29.0. The van der Waals surface area contributed by atoms with Crippen molar-refractivity contribution in [2.45, 2.75) is 10.1 Å². The summed E-state index contributed by atoms with van der Waals surface area (Å²) in [6.45, 7) is 0. The number of para-hydroxylation sites is 1. The number of carbonyl (C=O) groups is 3. The molecular weight excluding hydrogens is 682 g/mol. The highest BCUT2D eigenvalue weighted by atomic mass is 79.9. The van der Waals surface area contributed by atoms with Crippen molar-refractivity contribution in [3.8, 4) is 0 Å². The minimum Gasteiger partial charge on any atom is -0.478 e. The molecule has 40 heavy (non-hydrogen) atoms. The van der Waals surface area contributed by atoms with Crippen LogP contribution < -0.4 is 10.6 Å². The first-order valence-corrected chi connectivity index (χ1v) is 14.5. The van der Waals surface area contributed by atoms with Gasteiger partial charge in [-0.2, -0.15) is 0 Å². The van der Waals surface area contributed by atoms with Gasteiger partial charge in [0.05, 0.1) is 36.9 Å². The molecule has 0 aliphatic heterocycles. The summed E-state index contributed by atoms with van der Waals surface area (Å²) in [5.74, 6) is -2.54. The molecule has 0 aliphatic rings. The third-order valence-corrected chi connectivity index (χ3v) is 9.31. The number of carboxylic acid groups (broad SMARTS) is 1. The average molecular weight is 699 g/mol. The Balaban J connectivity index is 1.56. The number of nitrogens with one attached hydrogen (secondary N) is 2. The number of carbonyl (C=O) groups excluding carboxylic acids is 2. The molecule has 0 saturated heterocycles. The number of hydrogen-bond donors (Lipinski definition) is 3. The maximum absolute atomic E-state index is 13.3. The number of hydrogen-bond acceptors (Lipinski definition) is 4. The van der Waals surface area contributed by atoms with Crippen LogP contribution in [0.15, 0.2) is 88.2 Å². The Morgan fingerprint density at radius 3 is 1.90 bits per heavy atom. The van der Waals surface area contributed by atoms with Crippen LogP contribution in [0.2, 0.25) is 20.1 Å². The summed E-state index contributed by atoms with van der Waals surface area (Å²) < 4.78 is 0.759. The van der Waals surface area contributed by atoms with E-state index in [1.165, 1.54) is 11.8 Å². The lowest BCUT2D eigenvalue weighted by Crippen LogP contribution is -2.19. The molecule has 0 heterocycles. The summed E-state index contributed by atoms with van der Waals surface area (Å²) in [5, 5.41) is 13.4. The maximum atomic E-state index is 13.3. The molecular formula is C28H17BrCl4N2O4S. The van der Waals surface area contributed by atoms with Gasteiger partial charge in [-0.25, -0.2) is 4.79 Å². The zero-order valence-electron chi connectivity index (χ0n) is 20.1. The van der Waals surface area contributed by atoms with Crippen molar-refractivity contribution >= 4 is 103 Å². The lowest BCUT2D eigenvalue weighted by atomic mass is 10.1. The Bertz CT molecular complexity index is 1600. The molecule has 0 aromatic heterocycles. The fourth-order valence-corrected chi connectivity index (χ4v) is 6.08. The maximum Gasteiger partial charge on any atom is 0.338 e. The molecule has 4 aromatic rings. The van der Waals surface area contributed by atoms with E-state index in [0.29, 0.717) is 11.4 Å². The number of halogens is 5.